The second kappa shape index (κ2) is 12.8. The highest BCUT2D eigenvalue weighted by Crippen LogP contribution is 2.41. The standard InChI is InChI=1S/C27H20I2N2O6S/c1-2-36-27(33)23-24(32)22(38-26(23)30-18-6-4-3-5-7-18)14-17-12-20(28)25(21(29)13-17)37-15-16-8-10-19(11-9-16)31(34)35/h3-14,32H,2,15H2,1H3/b22-14-,30-26?. The number of non-ortho nitro benzene ring substituents is 1. The van der Waals surface area contributed by atoms with Gasteiger partial charge in [0.15, 0.2) is 0 Å². The Morgan fingerprint density at radius 1 is 1.11 bits per heavy atom. The van der Waals surface area contributed by atoms with E-state index in [1.54, 1.807) is 25.1 Å². The van der Waals surface area contributed by atoms with Crippen LogP contribution in [0.1, 0.15) is 18.1 Å². The number of aliphatic imine (C=N–C) groups is 1. The molecule has 1 aliphatic rings. The van der Waals surface area contributed by atoms with Crippen LogP contribution >= 0.6 is 56.9 Å². The fraction of sp³-hybridized carbons (Fsp3) is 0.111. The Kier molecular flexibility index (Phi) is 9.44. The highest BCUT2D eigenvalue weighted by molar-refractivity contribution is 14.1. The van der Waals surface area contributed by atoms with Crippen LogP contribution in [0.3, 0.4) is 0 Å². The van der Waals surface area contributed by atoms with Crippen molar-refractivity contribution >= 4 is 85.4 Å². The molecule has 8 nitrogen and oxygen atoms in total. The smallest absolute Gasteiger partial charge is 0.344 e. The fourth-order valence-electron chi connectivity index (χ4n) is 3.43. The lowest BCUT2D eigenvalue weighted by Gasteiger charge is -2.12. The number of hydrogen-bond acceptors (Lipinski definition) is 8. The van der Waals surface area contributed by atoms with Crippen LogP contribution in [0.25, 0.3) is 6.08 Å². The van der Waals surface area contributed by atoms with Gasteiger partial charge in [-0.1, -0.05) is 30.0 Å². The Morgan fingerprint density at radius 2 is 1.76 bits per heavy atom. The summed E-state index contributed by atoms with van der Waals surface area (Å²) < 4.78 is 12.9. The SMILES string of the molecule is CCOC(=O)C1=C(O)/C(=C/c2cc(I)c(OCc3ccc([N+](=O)[O-])cc3)c(I)c2)SC1=Nc1ccccc1. The molecule has 0 unspecified atom stereocenters. The maximum atomic E-state index is 12.6. The van der Waals surface area contributed by atoms with Gasteiger partial charge in [-0.3, -0.25) is 10.1 Å². The molecule has 38 heavy (non-hydrogen) atoms. The molecule has 1 heterocycles. The number of carbonyl (C=O) groups excluding carboxylic acids is 1. The van der Waals surface area contributed by atoms with E-state index in [2.05, 4.69) is 50.2 Å². The van der Waals surface area contributed by atoms with Gasteiger partial charge in [0.25, 0.3) is 5.69 Å². The largest absolute Gasteiger partial charge is 0.506 e. The lowest BCUT2D eigenvalue weighted by Crippen LogP contribution is -2.12. The number of hydrogen-bond donors (Lipinski definition) is 1. The van der Waals surface area contributed by atoms with Crippen LogP contribution in [0.4, 0.5) is 11.4 Å². The number of ether oxygens (including phenoxy) is 2. The highest BCUT2D eigenvalue weighted by Gasteiger charge is 2.33. The topological polar surface area (TPSA) is 111 Å². The van der Waals surface area contributed by atoms with Crippen LogP contribution in [0, 0.1) is 17.3 Å². The van der Waals surface area contributed by atoms with Gasteiger partial charge in [0.2, 0.25) is 0 Å². The molecular formula is C27H20I2N2O6S. The predicted octanol–water partition coefficient (Wildman–Crippen LogP) is 7.58. The van der Waals surface area contributed by atoms with Crippen LogP contribution in [-0.2, 0) is 16.1 Å². The number of esters is 1. The summed E-state index contributed by atoms with van der Waals surface area (Å²) >= 11 is 5.55. The third kappa shape index (κ3) is 6.74. The average molecular weight is 754 g/mol. The van der Waals surface area contributed by atoms with Gasteiger partial charge in [-0.2, -0.15) is 0 Å². The van der Waals surface area contributed by atoms with Crippen molar-refractivity contribution in [1.82, 2.24) is 0 Å². The van der Waals surface area contributed by atoms with Crippen LogP contribution in [0.15, 0.2) is 88.0 Å². The molecule has 11 heteroatoms. The van der Waals surface area contributed by atoms with E-state index in [0.29, 0.717) is 21.4 Å². The number of para-hydroxylation sites is 1. The molecule has 0 saturated heterocycles. The van der Waals surface area contributed by atoms with Gasteiger partial charge in [-0.05, 0) is 106 Å². The number of carbonyl (C=O) groups is 1. The van der Waals surface area contributed by atoms with Gasteiger partial charge in [-0.25, -0.2) is 9.79 Å². The number of halogens is 2. The molecule has 3 aromatic rings. The number of thioether (sulfide) groups is 1. The first kappa shape index (κ1) is 28.1. The summed E-state index contributed by atoms with van der Waals surface area (Å²) in [4.78, 5) is 28.1. The van der Waals surface area contributed by atoms with E-state index in [-0.39, 0.29) is 30.2 Å². The number of rotatable bonds is 8. The maximum Gasteiger partial charge on any atom is 0.344 e. The first-order chi connectivity index (χ1) is 18.3. The molecule has 0 atom stereocenters. The minimum atomic E-state index is -0.630. The van der Waals surface area contributed by atoms with Crippen LogP contribution in [0.5, 0.6) is 5.75 Å². The number of aliphatic hydroxyl groups excluding tert-OH is 1. The first-order valence-corrected chi connectivity index (χ1v) is 14.2. The van der Waals surface area contributed by atoms with E-state index >= 15 is 0 Å². The van der Waals surface area contributed by atoms with Gasteiger partial charge in [-0.15, -0.1) is 0 Å². The Bertz CT molecular complexity index is 1450. The molecule has 1 N–H and O–H groups in total. The second-order valence-corrected chi connectivity index (χ2v) is 11.2. The summed E-state index contributed by atoms with van der Waals surface area (Å²) in [6, 6.07) is 19.2. The minimum Gasteiger partial charge on any atom is -0.506 e. The zero-order valence-electron chi connectivity index (χ0n) is 19.9. The van der Waals surface area contributed by atoms with Crippen molar-refractivity contribution in [3.05, 3.63) is 111 Å². The summed E-state index contributed by atoms with van der Waals surface area (Å²) in [5.41, 5.74) is 2.34. The molecule has 0 spiro atoms. The Labute approximate surface area is 250 Å². The normalized spacial score (nSPS) is 15.2. The molecular weight excluding hydrogens is 734 g/mol. The number of nitro groups is 1. The molecule has 4 rings (SSSR count). The van der Waals surface area contributed by atoms with Crippen LogP contribution in [0.2, 0.25) is 0 Å². The van der Waals surface area contributed by atoms with E-state index < -0.39 is 10.9 Å². The van der Waals surface area contributed by atoms with E-state index in [1.165, 1.54) is 23.9 Å². The van der Waals surface area contributed by atoms with Crippen LogP contribution in [-0.4, -0.2) is 27.6 Å². The van der Waals surface area contributed by atoms with Crippen molar-refractivity contribution in [1.29, 1.82) is 0 Å². The number of nitro benzene ring substituents is 1. The van der Waals surface area contributed by atoms with E-state index in [9.17, 15) is 20.0 Å². The lowest BCUT2D eigenvalue weighted by molar-refractivity contribution is -0.384. The summed E-state index contributed by atoms with van der Waals surface area (Å²) in [5, 5.41) is 22.2. The summed E-state index contributed by atoms with van der Waals surface area (Å²) in [6.07, 6.45) is 1.79. The third-order valence-electron chi connectivity index (χ3n) is 5.21. The van der Waals surface area contributed by atoms with Crippen molar-refractivity contribution in [2.75, 3.05) is 6.61 Å². The molecule has 0 aliphatic carbocycles. The molecule has 0 aromatic heterocycles. The first-order valence-electron chi connectivity index (χ1n) is 11.3. The molecule has 1 aliphatic heterocycles. The van der Waals surface area contributed by atoms with Crippen molar-refractivity contribution < 1.29 is 24.3 Å². The quantitative estimate of drug-likeness (QED) is 0.109. The van der Waals surface area contributed by atoms with Gasteiger partial charge in [0.1, 0.15) is 28.7 Å². The summed E-state index contributed by atoms with van der Waals surface area (Å²) in [6.45, 7) is 2.14. The number of benzene rings is 3. The van der Waals surface area contributed by atoms with Gasteiger partial charge in [0.05, 0.1) is 29.3 Å². The molecule has 0 saturated carbocycles. The Morgan fingerprint density at radius 3 is 2.37 bits per heavy atom. The molecule has 194 valence electrons. The zero-order chi connectivity index (χ0) is 27.2. The van der Waals surface area contributed by atoms with Gasteiger partial charge < -0.3 is 14.6 Å². The van der Waals surface area contributed by atoms with Crippen molar-refractivity contribution in [3.8, 4) is 5.75 Å². The monoisotopic (exact) mass is 754 g/mol. The number of aliphatic hydroxyl groups is 1. The molecule has 0 bridgehead atoms. The van der Waals surface area contributed by atoms with Gasteiger partial charge >= 0.3 is 5.97 Å². The number of nitrogens with zero attached hydrogens (tertiary/aromatic N) is 2. The fourth-order valence-corrected chi connectivity index (χ4v) is 6.60. The second-order valence-electron chi connectivity index (χ2n) is 7.83. The third-order valence-corrected chi connectivity index (χ3v) is 7.83. The van der Waals surface area contributed by atoms with E-state index in [1.807, 2.05) is 42.5 Å². The van der Waals surface area contributed by atoms with Crippen LogP contribution < -0.4 is 4.74 Å². The molecule has 0 amide bonds. The molecule has 3 aromatic carbocycles. The highest BCUT2D eigenvalue weighted by atomic mass is 127. The maximum absolute atomic E-state index is 12.6. The average Bonchev–Trinajstić information content (AvgIpc) is 3.18. The summed E-state index contributed by atoms with van der Waals surface area (Å²) in [7, 11) is 0. The van der Waals surface area contributed by atoms with Crippen molar-refractivity contribution in [2.24, 2.45) is 4.99 Å². The predicted molar refractivity (Wildman–Crippen MR) is 165 cm³/mol. The molecule has 0 radical (unpaired) electrons. The lowest BCUT2D eigenvalue weighted by atomic mass is 10.1. The van der Waals surface area contributed by atoms with Crippen molar-refractivity contribution in [3.63, 3.8) is 0 Å². The Hall–Kier alpha value is -2.91. The molecule has 0 fully saturated rings. The van der Waals surface area contributed by atoms with E-state index in [4.69, 9.17) is 9.47 Å². The van der Waals surface area contributed by atoms with Crippen molar-refractivity contribution in [2.45, 2.75) is 13.5 Å². The van der Waals surface area contributed by atoms with E-state index in [0.717, 1.165) is 18.3 Å². The van der Waals surface area contributed by atoms with Gasteiger partial charge in [0, 0.05) is 12.1 Å². The Balaban J connectivity index is 1.59. The minimum absolute atomic E-state index is 0.0282. The summed E-state index contributed by atoms with van der Waals surface area (Å²) in [5.74, 6) is -0.120. The zero-order valence-corrected chi connectivity index (χ0v) is 25.0.